The van der Waals surface area contributed by atoms with Gasteiger partial charge in [-0.15, -0.1) is 0 Å². The topological polar surface area (TPSA) is 75.6 Å². The normalized spacial score (nSPS) is 28.8. The summed E-state index contributed by atoms with van der Waals surface area (Å²) in [6.07, 6.45) is 4.37. The van der Waals surface area contributed by atoms with Crippen LogP contribution in [0.25, 0.3) is 0 Å². The van der Waals surface area contributed by atoms with Crippen LogP contribution in [0.1, 0.15) is 50.2 Å². The number of amides is 1. The van der Waals surface area contributed by atoms with Crippen molar-refractivity contribution in [2.24, 2.45) is 11.8 Å². The van der Waals surface area contributed by atoms with Crippen LogP contribution < -0.4 is 5.32 Å². The lowest BCUT2D eigenvalue weighted by atomic mass is 9.80. The van der Waals surface area contributed by atoms with Crippen LogP contribution in [0.15, 0.2) is 24.3 Å². The Hall–Kier alpha value is -1.88. The summed E-state index contributed by atoms with van der Waals surface area (Å²) in [6.45, 7) is 3.17. The van der Waals surface area contributed by atoms with Gasteiger partial charge in [-0.05, 0) is 43.2 Å². The molecule has 1 unspecified atom stereocenters. The average molecular weight is 345 g/mol. The maximum absolute atomic E-state index is 12.6. The Balaban J connectivity index is 1.68. The monoisotopic (exact) mass is 345 g/mol. The van der Waals surface area contributed by atoms with E-state index in [0.29, 0.717) is 26.0 Å². The van der Waals surface area contributed by atoms with Gasteiger partial charge in [-0.25, -0.2) is 0 Å². The predicted octanol–water partition coefficient (Wildman–Crippen LogP) is 2.87. The number of fused-ring (bicyclic) bond motifs is 1. The second kappa shape index (κ2) is 7.56. The molecule has 5 nitrogen and oxygen atoms in total. The molecule has 1 aromatic rings. The molecule has 0 aromatic heterocycles. The Kier molecular flexibility index (Phi) is 5.42. The highest BCUT2D eigenvalue weighted by Crippen LogP contribution is 2.36. The van der Waals surface area contributed by atoms with Crippen molar-refractivity contribution in [2.75, 3.05) is 13.2 Å². The van der Waals surface area contributed by atoms with Crippen molar-refractivity contribution in [1.29, 1.82) is 0 Å². The third-order valence-corrected chi connectivity index (χ3v) is 5.77. The summed E-state index contributed by atoms with van der Waals surface area (Å²) in [7, 11) is 0. The second-order valence-electron chi connectivity index (χ2n) is 7.22. The van der Waals surface area contributed by atoms with E-state index in [0.717, 1.165) is 31.2 Å². The molecule has 0 radical (unpaired) electrons. The van der Waals surface area contributed by atoms with Crippen LogP contribution in [0.3, 0.4) is 0 Å². The molecular formula is C20H27NO4. The van der Waals surface area contributed by atoms with Crippen molar-refractivity contribution in [3.05, 3.63) is 35.4 Å². The van der Waals surface area contributed by atoms with Gasteiger partial charge in [0.2, 0.25) is 5.91 Å². The zero-order chi connectivity index (χ0) is 17.9. The first kappa shape index (κ1) is 17.9. The molecule has 136 valence electrons. The van der Waals surface area contributed by atoms with Gasteiger partial charge >= 0.3 is 5.97 Å². The van der Waals surface area contributed by atoms with Gasteiger partial charge in [0.15, 0.2) is 0 Å². The summed E-state index contributed by atoms with van der Waals surface area (Å²) in [5, 5.41) is 12.3. The minimum atomic E-state index is -0.785. The van der Waals surface area contributed by atoms with Crippen molar-refractivity contribution in [2.45, 2.75) is 51.0 Å². The van der Waals surface area contributed by atoms with Crippen molar-refractivity contribution >= 4 is 11.9 Å². The number of carbonyl (C=O) groups is 2. The van der Waals surface area contributed by atoms with Crippen LogP contribution >= 0.6 is 0 Å². The molecule has 5 heteroatoms. The molecule has 1 saturated carbocycles. The molecule has 25 heavy (non-hydrogen) atoms. The molecule has 1 aliphatic heterocycles. The molecular weight excluding hydrogens is 318 g/mol. The maximum atomic E-state index is 12.6. The van der Waals surface area contributed by atoms with Crippen LogP contribution in [-0.4, -0.2) is 30.1 Å². The average Bonchev–Trinajstić information content (AvgIpc) is 2.66. The van der Waals surface area contributed by atoms with Crippen LogP contribution in [0.5, 0.6) is 0 Å². The first-order valence-corrected chi connectivity index (χ1v) is 9.28. The number of carboxylic acid groups (broad SMARTS) is 1. The van der Waals surface area contributed by atoms with Gasteiger partial charge in [0.25, 0.3) is 0 Å². The molecule has 1 amide bonds. The quantitative estimate of drug-likeness (QED) is 0.860. The van der Waals surface area contributed by atoms with E-state index in [-0.39, 0.29) is 11.8 Å². The Morgan fingerprint density at radius 3 is 2.80 bits per heavy atom. The van der Waals surface area contributed by atoms with E-state index in [1.165, 1.54) is 5.56 Å². The highest BCUT2D eigenvalue weighted by Gasteiger charge is 2.38. The summed E-state index contributed by atoms with van der Waals surface area (Å²) in [5.74, 6) is -1.42. The van der Waals surface area contributed by atoms with Crippen molar-refractivity contribution in [3.63, 3.8) is 0 Å². The summed E-state index contributed by atoms with van der Waals surface area (Å²) in [6, 6.07) is 8.27. The molecule has 2 N–H and O–H groups in total. The molecule has 0 spiro atoms. The van der Waals surface area contributed by atoms with E-state index in [1.807, 2.05) is 12.1 Å². The number of carboxylic acids is 1. The fourth-order valence-electron chi connectivity index (χ4n) is 4.21. The number of aliphatic carboxylic acids is 1. The van der Waals surface area contributed by atoms with Crippen molar-refractivity contribution in [1.82, 2.24) is 5.32 Å². The lowest BCUT2D eigenvalue weighted by Gasteiger charge is -2.39. The fraction of sp³-hybridized carbons (Fsp3) is 0.600. The third-order valence-electron chi connectivity index (χ3n) is 5.77. The Morgan fingerprint density at radius 2 is 2.04 bits per heavy atom. The number of benzene rings is 1. The van der Waals surface area contributed by atoms with Crippen LogP contribution in [0.2, 0.25) is 0 Å². The number of nitrogens with one attached hydrogen (secondary N) is 1. The smallest absolute Gasteiger partial charge is 0.306 e. The van der Waals surface area contributed by atoms with Crippen molar-refractivity contribution < 1.29 is 19.4 Å². The number of hydrogen-bond donors (Lipinski definition) is 2. The minimum Gasteiger partial charge on any atom is -0.481 e. The first-order valence-electron chi connectivity index (χ1n) is 9.28. The van der Waals surface area contributed by atoms with Gasteiger partial charge in [-0.1, -0.05) is 37.6 Å². The fourth-order valence-corrected chi connectivity index (χ4v) is 4.21. The van der Waals surface area contributed by atoms with Crippen LogP contribution in [0, 0.1) is 11.8 Å². The van der Waals surface area contributed by atoms with Gasteiger partial charge < -0.3 is 15.2 Å². The van der Waals surface area contributed by atoms with Crippen LogP contribution in [0.4, 0.5) is 0 Å². The molecule has 1 aliphatic carbocycles. The second-order valence-corrected chi connectivity index (χ2v) is 7.22. The number of hydrogen-bond acceptors (Lipinski definition) is 3. The van der Waals surface area contributed by atoms with Gasteiger partial charge in [0.05, 0.1) is 19.1 Å². The molecule has 3 atom stereocenters. The van der Waals surface area contributed by atoms with E-state index in [4.69, 9.17) is 4.74 Å². The standard InChI is InChI=1S/C20H27NO4/c1-2-20(17-9-4-3-6-14(17)10-11-25-20)13-21-18(22)15-7-5-8-16(12-15)19(23)24/h3-4,6,9,15-16H,2,5,7-8,10-13H2,1H3,(H,21,22)(H,23,24)/t15-,16+,20?/m1/s1. The highest BCUT2D eigenvalue weighted by molar-refractivity contribution is 5.80. The summed E-state index contributed by atoms with van der Waals surface area (Å²) in [5.41, 5.74) is 1.97. The maximum Gasteiger partial charge on any atom is 0.306 e. The van der Waals surface area contributed by atoms with E-state index >= 15 is 0 Å². The predicted molar refractivity (Wildman–Crippen MR) is 94.2 cm³/mol. The summed E-state index contributed by atoms with van der Waals surface area (Å²) >= 11 is 0. The molecule has 0 bridgehead atoms. The zero-order valence-electron chi connectivity index (χ0n) is 14.8. The van der Waals surface area contributed by atoms with Gasteiger partial charge in [0, 0.05) is 5.92 Å². The third kappa shape index (κ3) is 3.71. The van der Waals surface area contributed by atoms with Crippen LogP contribution in [-0.2, 0) is 26.3 Å². The molecule has 3 rings (SSSR count). The molecule has 1 fully saturated rings. The number of ether oxygens (including phenoxy) is 1. The van der Waals surface area contributed by atoms with E-state index < -0.39 is 17.5 Å². The zero-order valence-corrected chi connectivity index (χ0v) is 14.8. The molecule has 1 aromatic carbocycles. The Morgan fingerprint density at radius 1 is 1.28 bits per heavy atom. The highest BCUT2D eigenvalue weighted by atomic mass is 16.5. The lowest BCUT2D eigenvalue weighted by molar-refractivity contribution is -0.144. The summed E-state index contributed by atoms with van der Waals surface area (Å²) < 4.78 is 6.13. The SMILES string of the molecule is CCC1(CNC(=O)[C@@H]2CCC[C@H](C(=O)O)C2)OCCc2ccccc21. The number of carbonyl (C=O) groups excluding carboxylic acids is 1. The minimum absolute atomic E-state index is 0.0366. The van der Waals surface area contributed by atoms with E-state index in [2.05, 4.69) is 24.4 Å². The van der Waals surface area contributed by atoms with Crippen molar-refractivity contribution in [3.8, 4) is 0 Å². The summed E-state index contributed by atoms with van der Waals surface area (Å²) in [4.78, 5) is 23.8. The number of rotatable bonds is 5. The largest absolute Gasteiger partial charge is 0.481 e. The van der Waals surface area contributed by atoms with Gasteiger partial charge in [0.1, 0.15) is 5.60 Å². The lowest BCUT2D eigenvalue weighted by Crippen LogP contribution is -2.47. The molecule has 0 saturated heterocycles. The van der Waals surface area contributed by atoms with Gasteiger partial charge in [-0.2, -0.15) is 0 Å². The Bertz CT molecular complexity index is 644. The Labute approximate surface area is 148 Å². The van der Waals surface area contributed by atoms with Gasteiger partial charge in [-0.3, -0.25) is 9.59 Å². The molecule has 1 heterocycles. The first-order chi connectivity index (χ1) is 12.1. The van der Waals surface area contributed by atoms with E-state index in [1.54, 1.807) is 0 Å². The van der Waals surface area contributed by atoms with E-state index in [9.17, 15) is 14.7 Å². The molecule has 2 aliphatic rings.